The zero-order valence-electron chi connectivity index (χ0n) is 16.0. The van der Waals surface area contributed by atoms with E-state index in [1.807, 2.05) is 6.92 Å². The van der Waals surface area contributed by atoms with Crippen LogP contribution in [0.2, 0.25) is 0 Å². The molecule has 3 rings (SSSR count). The number of rotatable bonds is 6. The lowest BCUT2D eigenvalue weighted by Gasteiger charge is -2.22. The van der Waals surface area contributed by atoms with Crippen molar-refractivity contribution in [2.24, 2.45) is 0 Å². The molecule has 1 amide bonds. The lowest BCUT2D eigenvalue weighted by molar-refractivity contribution is -0.384. The number of anilines is 2. The topological polar surface area (TPSA) is 84.7 Å². The summed E-state index contributed by atoms with van der Waals surface area (Å²) < 4.78 is 5.38. The van der Waals surface area contributed by atoms with Gasteiger partial charge in [-0.05, 0) is 56.2 Å². The van der Waals surface area contributed by atoms with Gasteiger partial charge in [-0.2, -0.15) is 0 Å². The zero-order chi connectivity index (χ0) is 19.9. The maximum Gasteiger partial charge on any atom is 0.293 e. The number of ether oxygens (including phenoxy) is 1. The largest absolute Gasteiger partial charge is 0.494 e. The van der Waals surface area contributed by atoms with E-state index in [0.717, 1.165) is 44.5 Å². The molecule has 7 nitrogen and oxygen atoms in total. The first-order chi connectivity index (χ1) is 13.6. The fourth-order valence-electron chi connectivity index (χ4n) is 3.39. The van der Waals surface area contributed by atoms with Crippen molar-refractivity contribution < 1.29 is 14.5 Å². The summed E-state index contributed by atoms with van der Waals surface area (Å²) in [5.74, 6) is 0.340. The van der Waals surface area contributed by atoms with Crippen LogP contribution in [0.3, 0.4) is 0 Å². The highest BCUT2D eigenvalue weighted by Crippen LogP contribution is 2.31. The summed E-state index contributed by atoms with van der Waals surface area (Å²) in [4.78, 5) is 25.8. The first-order valence-corrected chi connectivity index (χ1v) is 9.66. The van der Waals surface area contributed by atoms with Crippen LogP contribution in [0.4, 0.5) is 17.1 Å². The van der Waals surface area contributed by atoms with Crippen molar-refractivity contribution >= 4 is 23.0 Å². The third-order valence-corrected chi connectivity index (χ3v) is 4.80. The Labute approximate surface area is 164 Å². The van der Waals surface area contributed by atoms with E-state index in [4.69, 9.17) is 4.74 Å². The van der Waals surface area contributed by atoms with E-state index in [-0.39, 0.29) is 17.2 Å². The normalized spacial score (nSPS) is 14.2. The van der Waals surface area contributed by atoms with Crippen LogP contribution in [0.5, 0.6) is 5.75 Å². The average molecular weight is 383 g/mol. The summed E-state index contributed by atoms with van der Waals surface area (Å²) in [7, 11) is 0. The van der Waals surface area contributed by atoms with Gasteiger partial charge in [0.2, 0.25) is 0 Å². The van der Waals surface area contributed by atoms with Crippen LogP contribution < -0.4 is 15.0 Å². The molecule has 0 atom stereocenters. The maximum atomic E-state index is 12.6. The average Bonchev–Trinajstić information content (AvgIpc) is 2.98. The van der Waals surface area contributed by atoms with Crippen molar-refractivity contribution in [2.45, 2.75) is 32.6 Å². The van der Waals surface area contributed by atoms with Crippen molar-refractivity contribution in [3.63, 3.8) is 0 Å². The summed E-state index contributed by atoms with van der Waals surface area (Å²) in [5, 5.41) is 14.4. The van der Waals surface area contributed by atoms with Crippen molar-refractivity contribution in [1.29, 1.82) is 0 Å². The van der Waals surface area contributed by atoms with Gasteiger partial charge < -0.3 is 15.0 Å². The maximum absolute atomic E-state index is 12.6. The van der Waals surface area contributed by atoms with Crippen molar-refractivity contribution in [3.8, 4) is 5.75 Å². The van der Waals surface area contributed by atoms with E-state index >= 15 is 0 Å². The zero-order valence-corrected chi connectivity index (χ0v) is 16.0. The predicted molar refractivity (Wildman–Crippen MR) is 109 cm³/mol. The smallest absolute Gasteiger partial charge is 0.293 e. The molecule has 0 saturated carbocycles. The van der Waals surface area contributed by atoms with Crippen LogP contribution in [0, 0.1) is 10.1 Å². The molecule has 2 aromatic carbocycles. The summed E-state index contributed by atoms with van der Waals surface area (Å²) in [6.45, 7) is 4.08. The summed E-state index contributed by atoms with van der Waals surface area (Å²) in [5.41, 5.74) is 1.43. The number of carbonyl (C=O) groups excluding carboxylic acids is 1. The molecule has 2 aromatic rings. The molecule has 0 unspecified atom stereocenters. The Bertz CT molecular complexity index is 828. The van der Waals surface area contributed by atoms with Gasteiger partial charge in [0, 0.05) is 30.4 Å². The van der Waals surface area contributed by atoms with E-state index in [0.29, 0.717) is 18.0 Å². The summed E-state index contributed by atoms with van der Waals surface area (Å²) in [6.07, 6.45) is 4.34. The van der Waals surface area contributed by atoms with Gasteiger partial charge in [-0.1, -0.05) is 12.8 Å². The molecule has 0 aliphatic carbocycles. The van der Waals surface area contributed by atoms with Gasteiger partial charge in [-0.3, -0.25) is 14.9 Å². The highest BCUT2D eigenvalue weighted by Gasteiger charge is 2.22. The fourth-order valence-corrected chi connectivity index (χ4v) is 3.39. The van der Waals surface area contributed by atoms with Crippen molar-refractivity contribution in [2.75, 3.05) is 29.9 Å². The van der Waals surface area contributed by atoms with Crippen LogP contribution in [0.15, 0.2) is 42.5 Å². The SMILES string of the molecule is CCOc1ccc(NC(=O)c2ccc(N3CCCCCC3)c([N+](=O)[O-])c2)cc1. The molecule has 1 aliphatic rings. The van der Waals surface area contributed by atoms with Gasteiger partial charge in [0.25, 0.3) is 11.6 Å². The second-order valence-electron chi connectivity index (χ2n) is 6.77. The minimum atomic E-state index is -0.409. The van der Waals surface area contributed by atoms with Gasteiger partial charge >= 0.3 is 0 Å². The molecule has 1 fully saturated rings. The van der Waals surface area contributed by atoms with Crippen molar-refractivity contribution in [1.82, 2.24) is 0 Å². The first kappa shape index (κ1) is 19.7. The predicted octanol–water partition coefficient (Wildman–Crippen LogP) is 4.63. The number of carbonyl (C=O) groups is 1. The molecular formula is C21H25N3O4. The summed E-state index contributed by atoms with van der Waals surface area (Å²) in [6, 6.07) is 11.7. The molecule has 1 saturated heterocycles. The Hall–Kier alpha value is -3.09. The highest BCUT2D eigenvalue weighted by atomic mass is 16.6. The van der Waals surface area contributed by atoms with Gasteiger partial charge in [-0.15, -0.1) is 0 Å². The Balaban J connectivity index is 1.78. The van der Waals surface area contributed by atoms with Gasteiger partial charge in [0.15, 0.2) is 0 Å². The second kappa shape index (κ2) is 9.21. The Kier molecular flexibility index (Phi) is 6.47. The van der Waals surface area contributed by atoms with Gasteiger partial charge in [-0.25, -0.2) is 0 Å². The number of nitro benzene ring substituents is 1. The van der Waals surface area contributed by atoms with Gasteiger partial charge in [0.1, 0.15) is 11.4 Å². The third-order valence-electron chi connectivity index (χ3n) is 4.80. The second-order valence-corrected chi connectivity index (χ2v) is 6.77. The van der Waals surface area contributed by atoms with Crippen LogP contribution >= 0.6 is 0 Å². The van der Waals surface area contributed by atoms with E-state index in [2.05, 4.69) is 10.2 Å². The monoisotopic (exact) mass is 383 g/mol. The lowest BCUT2D eigenvalue weighted by atomic mass is 10.1. The van der Waals surface area contributed by atoms with Crippen LogP contribution in [-0.2, 0) is 0 Å². The number of benzene rings is 2. The molecule has 0 spiro atoms. The van der Waals surface area contributed by atoms with Crippen LogP contribution in [0.25, 0.3) is 0 Å². The molecule has 0 radical (unpaired) electrons. The van der Waals surface area contributed by atoms with Crippen molar-refractivity contribution in [3.05, 3.63) is 58.1 Å². The first-order valence-electron chi connectivity index (χ1n) is 9.66. The molecule has 7 heteroatoms. The third kappa shape index (κ3) is 4.79. The van der Waals surface area contributed by atoms with E-state index < -0.39 is 4.92 Å². The lowest BCUT2D eigenvalue weighted by Crippen LogP contribution is -2.25. The molecule has 1 aliphatic heterocycles. The minimum Gasteiger partial charge on any atom is -0.494 e. The Morgan fingerprint density at radius 3 is 2.39 bits per heavy atom. The highest BCUT2D eigenvalue weighted by molar-refractivity contribution is 6.05. The fraction of sp³-hybridized carbons (Fsp3) is 0.381. The summed E-state index contributed by atoms with van der Waals surface area (Å²) >= 11 is 0. The van der Waals surface area contributed by atoms with Gasteiger partial charge in [0.05, 0.1) is 11.5 Å². The van der Waals surface area contributed by atoms with E-state index in [1.54, 1.807) is 36.4 Å². The molecular weight excluding hydrogens is 358 g/mol. The molecule has 1 heterocycles. The van der Waals surface area contributed by atoms with E-state index in [9.17, 15) is 14.9 Å². The van der Waals surface area contributed by atoms with Crippen LogP contribution in [-0.4, -0.2) is 30.5 Å². The number of amides is 1. The quantitative estimate of drug-likeness (QED) is 0.581. The van der Waals surface area contributed by atoms with E-state index in [1.165, 1.54) is 6.07 Å². The number of nitrogens with zero attached hydrogens (tertiary/aromatic N) is 2. The molecule has 28 heavy (non-hydrogen) atoms. The Morgan fingerprint density at radius 2 is 1.79 bits per heavy atom. The minimum absolute atomic E-state index is 0.0266. The standard InChI is InChI=1S/C21H25N3O4/c1-2-28-18-10-8-17(9-11-18)22-21(25)16-7-12-19(20(15-16)24(26)27)23-13-5-3-4-6-14-23/h7-12,15H,2-6,13-14H2,1H3,(H,22,25). The molecule has 0 bridgehead atoms. The molecule has 148 valence electrons. The number of hydrogen-bond donors (Lipinski definition) is 1. The Morgan fingerprint density at radius 1 is 1.11 bits per heavy atom. The molecule has 0 aromatic heterocycles. The number of hydrogen-bond acceptors (Lipinski definition) is 5. The number of nitrogens with one attached hydrogen (secondary N) is 1. The number of nitro groups is 1. The van der Waals surface area contributed by atoms with Crippen LogP contribution in [0.1, 0.15) is 43.0 Å². The molecule has 1 N–H and O–H groups in total.